The molecule has 216 valence electrons. The lowest BCUT2D eigenvalue weighted by Gasteiger charge is -2.28. The first kappa shape index (κ1) is 29.5. The summed E-state index contributed by atoms with van der Waals surface area (Å²) in [6.45, 7) is 13.2. The summed E-state index contributed by atoms with van der Waals surface area (Å²) in [7, 11) is 5.24. The lowest BCUT2D eigenvalue weighted by Crippen LogP contribution is -2.35. The number of hydrogen-bond donors (Lipinski definition) is 0. The van der Waals surface area contributed by atoms with Gasteiger partial charge in [0.05, 0.1) is 27.4 Å². The zero-order valence-corrected chi connectivity index (χ0v) is 24.9. The Morgan fingerprint density at radius 1 is 0.744 bits per heavy atom. The summed E-state index contributed by atoms with van der Waals surface area (Å²) in [6, 6.07) is 13.5. The van der Waals surface area contributed by atoms with E-state index in [4.69, 9.17) is 23.7 Å². The van der Waals surface area contributed by atoms with Crippen molar-refractivity contribution in [1.82, 2.24) is 0 Å². The van der Waals surface area contributed by atoms with E-state index < -0.39 is 0 Å². The van der Waals surface area contributed by atoms with Crippen molar-refractivity contribution in [1.29, 1.82) is 0 Å². The van der Waals surface area contributed by atoms with Crippen LogP contribution >= 0.6 is 0 Å². The largest absolute Gasteiger partial charge is 0.496 e. The fourth-order valence-electron chi connectivity index (χ4n) is 6.26. The van der Waals surface area contributed by atoms with E-state index in [0.717, 1.165) is 50.6 Å². The van der Waals surface area contributed by atoms with Crippen molar-refractivity contribution in [2.24, 2.45) is 0 Å². The number of methoxy groups -OCH3 is 3. The third-order valence-corrected chi connectivity index (χ3v) is 8.80. The molecule has 5 rings (SSSR count). The van der Waals surface area contributed by atoms with Crippen LogP contribution in [0.4, 0.5) is 11.4 Å². The van der Waals surface area contributed by atoms with Gasteiger partial charge in [-0.15, -0.1) is 0 Å². The molecule has 0 saturated carbocycles. The lowest BCUT2D eigenvalue weighted by atomic mass is 9.97. The molecule has 2 aromatic rings. The summed E-state index contributed by atoms with van der Waals surface area (Å²) >= 11 is 0. The molecular weight excluding hydrogens is 492 g/mol. The standard InChI is InChI=1S/C18H27NO3.C14H21NO2/c1-13-14(2)19(10-12-22-17-9-4-5-11-21-17)15-7-6-8-16(20-3)18(13)15;1-10-11(2)15(8-9-16-3)12-6-5-7-13(17-4)14(10)12/h6-8,13-14,17H,4-5,9-12H2,1-3H3;5-7,10-11H,8-9H2,1-4H3. The molecule has 0 spiro atoms. The Morgan fingerprint density at radius 2 is 1.28 bits per heavy atom. The molecule has 1 fully saturated rings. The van der Waals surface area contributed by atoms with Crippen LogP contribution in [-0.2, 0) is 14.2 Å². The van der Waals surface area contributed by atoms with Gasteiger partial charge in [0.1, 0.15) is 11.5 Å². The number of ether oxygens (including phenoxy) is 5. The van der Waals surface area contributed by atoms with Gasteiger partial charge in [-0.05, 0) is 57.4 Å². The van der Waals surface area contributed by atoms with Gasteiger partial charge >= 0.3 is 0 Å². The van der Waals surface area contributed by atoms with Gasteiger partial charge in [-0.1, -0.05) is 26.0 Å². The highest BCUT2D eigenvalue weighted by molar-refractivity contribution is 5.67. The average molecular weight is 541 g/mol. The molecule has 3 heterocycles. The van der Waals surface area contributed by atoms with Crippen molar-refractivity contribution in [2.75, 3.05) is 64.0 Å². The molecular formula is C32H48N2O5. The first-order valence-corrected chi connectivity index (χ1v) is 14.5. The molecule has 0 aromatic heterocycles. The highest BCUT2D eigenvalue weighted by atomic mass is 16.7. The van der Waals surface area contributed by atoms with Crippen LogP contribution in [-0.4, -0.2) is 72.6 Å². The van der Waals surface area contributed by atoms with Crippen LogP contribution in [0.1, 0.15) is 69.9 Å². The Kier molecular flexibility index (Phi) is 10.4. The third-order valence-electron chi connectivity index (χ3n) is 8.80. The maximum atomic E-state index is 5.90. The summed E-state index contributed by atoms with van der Waals surface area (Å²) in [5.41, 5.74) is 5.24. The minimum Gasteiger partial charge on any atom is -0.496 e. The van der Waals surface area contributed by atoms with E-state index in [1.807, 2.05) is 6.07 Å². The molecule has 7 heteroatoms. The van der Waals surface area contributed by atoms with Crippen molar-refractivity contribution >= 4 is 11.4 Å². The van der Waals surface area contributed by atoms with E-state index >= 15 is 0 Å². The predicted octanol–water partition coefficient (Wildman–Crippen LogP) is 6.20. The Hall–Kier alpha value is -2.48. The van der Waals surface area contributed by atoms with Gasteiger partial charge in [0.25, 0.3) is 0 Å². The second-order valence-corrected chi connectivity index (χ2v) is 10.9. The fraction of sp³-hybridized carbons (Fsp3) is 0.625. The molecule has 3 aliphatic rings. The second kappa shape index (κ2) is 13.7. The van der Waals surface area contributed by atoms with Crippen LogP contribution in [0.3, 0.4) is 0 Å². The Labute approximate surface area is 235 Å². The average Bonchev–Trinajstić information content (AvgIpc) is 3.37. The molecule has 5 atom stereocenters. The number of benzene rings is 2. The van der Waals surface area contributed by atoms with Gasteiger partial charge in [-0.25, -0.2) is 0 Å². The van der Waals surface area contributed by atoms with Gasteiger partial charge in [0, 0.05) is 73.2 Å². The van der Waals surface area contributed by atoms with Crippen LogP contribution in [0.2, 0.25) is 0 Å². The van der Waals surface area contributed by atoms with E-state index in [1.165, 1.54) is 28.9 Å². The maximum absolute atomic E-state index is 5.90. The first-order valence-electron chi connectivity index (χ1n) is 14.5. The normalized spacial score (nSPS) is 25.6. The number of anilines is 2. The van der Waals surface area contributed by atoms with Crippen LogP contribution in [0.5, 0.6) is 11.5 Å². The van der Waals surface area contributed by atoms with Gasteiger partial charge in [-0.2, -0.15) is 0 Å². The van der Waals surface area contributed by atoms with Gasteiger partial charge in [-0.3, -0.25) is 0 Å². The Balaban J connectivity index is 0.000000187. The van der Waals surface area contributed by atoms with E-state index in [0.29, 0.717) is 30.5 Å². The van der Waals surface area contributed by atoms with Crippen LogP contribution < -0.4 is 19.3 Å². The van der Waals surface area contributed by atoms with Crippen molar-refractivity contribution in [3.05, 3.63) is 47.5 Å². The molecule has 3 aliphatic heterocycles. The summed E-state index contributed by atoms with van der Waals surface area (Å²) in [4.78, 5) is 4.84. The van der Waals surface area contributed by atoms with Crippen LogP contribution in [0, 0.1) is 0 Å². The lowest BCUT2D eigenvalue weighted by molar-refractivity contribution is -0.160. The zero-order valence-electron chi connectivity index (χ0n) is 24.9. The Morgan fingerprint density at radius 3 is 1.74 bits per heavy atom. The molecule has 0 aliphatic carbocycles. The summed E-state index contributed by atoms with van der Waals surface area (Å²) in [5, 5.41) is 0. The van der Waals surface area contributed by atoms with Crippen molar-refractivity contribution < 1.29 is 23.7 Å². The molecule has 1 saturated heterocycles. The summed E-state index contributed by atoms with van der Waals surface area (Å²) < 4.78 is 27.7. The predicted molar refractivity (Wildman–Crippen MR) is 158 cm³/mol. The molecule has 0 bridgehead atoms. The minimum atomic E-state index is -0.00568. The first-order chi connectivity index (χ1) is 18.9. The highest BCUT2D eigenvalue weighted by Crippen LogP contribution is 2.46. The number of nitrogens with zero attached hydrogens (tertiary/aromatic N) is 2. The van der Waals surface area contributed by atoms with Crippen molar-refractivity contribution in [3.8, 4) is 11.5 Å². The summed E-state index contributed by atoms with van der Waals surface area (Å²) in [6.07, 6.45) is 3.39. The fourth-order valence-corrected chi connectivity index (χ4v) is 6.26. The highest BCUT2D eigenvalue weighted by Gasteiger charge is 2.35. The molecule has 0 radical (unpaired) electrons. The van der Waals surface area contributed by atoms with Gasteiger partial charge in [0.2, 0.25) is 0 Å². The van der Waals surface area contributed by atoms with Crippen LogP contribution in [0.15, 0.2) is 36.4 Å². The second-order valence-electron chi connectivity index (χ2n) is 10.9. The summed E-state index contributed by atoms with van der Waals surface area (Å²) in [5.74, 6) is 2.97. The van der Waals surface area contributed by atoms with E-state index in [1.54, 1.807) is 21.3 Å². The molecule has 0 N–H and O–H groups in total. The quantitative estimate of drug-likeness (QED) is 0.375. The van der Waals surface area contributed by atoms with E-state index in [-0.39, 0.29) is 6.29 Å². The monoisotopic (exact) mass is 540 g/mol. The van der Waals surface area contributed by atoms with Crippen LogP contribution in [0.25, 0.3) is 0 Å². The number of rotatable bonds is 9. The molecule has 5 unspecified atom stereocenters. The smallest absolute Gasteiger partial charge is 0.157 e. The molecule has 39 heavy (non-hydrogen) atoms. The molecule has 0 amide bonds. The number of hydrogen-bond acceptors (Lipinski definition) is 7. The van der Waals surface area contributed by atoms with E-state index in [2.05, 4.69) is 67.8 Å². The van der Waals surface area contributed by atoms with E-state index in [9.17, 15) is 0 Å². The topological polar surface area (TPSA) is 52.6 Å². The van der Waals surface area contributed by atoms with Gasteiger partial charge < -0.3 is 33.5 Å². The molecule has 7 nitrogen and oxygen atoms in total. The van der Waals surface area contributed by atoms with Gasteiger partial charge in [0.15, 0.2) is 6.29 Å². The molecule has 2 aromatic carbocycles. The minimum absolute atomic E-state index is 0.00568. The SMILES string of the molecule is COCCN1c2cccc(OC)c2C(C)C1C.COc1cccc2c1C(C)C(C)N2CCOC1CCCCO1. The van der Waals surface area contributed by atoms with Crippen molar-refractivity contribution in [3.63, 3.8) is 0 Å². The van der Waals surface area contributed by atoms with Crippen molar-refractivity contribution in [2.45, 2.75) is 77.2 Å². The maximum Gasteiger partial charge on any atom is 0.157 e. The zero-order chi connectivity index (χ0) is 27.9. The number of fused-ring (bicyclic) bond motifs is 2. The Bertz CT molecular complexity index is 1060. The third kappa shape index (κ3) is 6.31.